The second kappa shape index (κ2) is 8.29. The number of nitrogens with one attached hydrogen (secondary N) is 1. The first-order chi connectivity index (χ1) is 12.2. The zero-order valence-corrected chi connectivity index (χ0v) is 15.9. The van der Waals surface area contributed by atoms with E-state index in [4.69, 9.17) is 15.2 Å². The fourth-order valence-electron chi connectivity index (χ4n) is 3.82. The lowest BCUT2D eigenvalue weighted by molar-refractivity contribution is 0.171. The Kier molecular flexibility index (Phi) is 6.06. The number of nitrogens with zero attached hydrogens (tertiary/aromatic N) is 2. The molecule has 142 valence electrons. The van der Waals surface area contributed by atoms with Crippen LogP contribution in [0.15, 0.2) is 24.4 Å². The number of rotatable bonds is 4. The van der Waals surface area contributed by atoms with Crippen LogP contribution < -0.4 is 15.2 Å². The van der Waals surface area contributed by atoms with Crippen molar-refractivity contribution in [3.63, 3.8) is 0 Å². The summed E-state index contributed by atoms with van der Waals surface area (Å²) < 4.78 is 11.3. The second-order valence-electron chi connectivity index (χ2n) is 7.11. The Morgan fingerprint density at radius 1 is 1.15 bits per heavy atom. The summed E-state index contributed by atoms with van der Waals surface area (Å²) in [6.45, 7) is 2.08. The predicted molar refractivity (Wildman–Crippen MR) is 104 cm³/mol. The van der Waals surface area contributed by atoms with Gasteiger partial charge in [0.1, 0.15) is 13.2 Å². The molecule has 4 rings (SSSR count). The highest BCUT2D eigenvalue weighted by Crippen LogP contribution is 2.35. The lowest BCUT2D eigenvalue weighted by Crippen LogP contribution is -2.38. The maximum Gasteiger partial charge on any atom is 0.162 e. The summed E-state index contributed by atoms with van der Waals surface area (Å²) in [5.74, 6) is 1.62. The standard InChI is InChI=1S/C19H26N4O2.ClH/c1-23(16-5-3-15(20)4-6-16)12-14-11-21-22-19(14)13-2-7-17-18(10-13)25-9-8-24-17;/h2,7,10-11,15-16H,3-6,8-9,12,20H2,1H3,(H,21,22);1H. The zero-order valence-electron chi connectivity index (χ0n) is 15.1. The number of nitrogens with two attached hydrogens (primary N) is 1. The van der Waals surface area contributed by atoms with Gasteiger partial charge < -0.3 is 15.2 Å². The van der Waals surface area contributed by atoms with Crippen LogP contribution >= 0.6 is 12.4 Å². The Labute approximate surface area is 160 Å². The number of ether oxygens (including phenoxy) is 2. The summed E-state index contributed by atoms with van der Waals surface area (Å²) in [4.78, 5) is 2.43. The topological polar surface area (TPSA) is 76.4 Å². The molecule has 7 heteroatoms. The molecule has 1 saturated carbocycles. The fourth-order valence-corrected chi connectivity index (χ4v) is 3.82. The number of hydrogen-bond donors (Lipinski definition) is 2. The van der Waals surface area contributed by atoms with E-state index in [0.717, 1.165) is 42.1 Å². The Bertz CT molecular complexity index is 728. The molecular formula is C19H27ClN4O2. The number of benzene rings is 1. The number of hydrogen-bond acceptors (Lipinski definition) is 5. The Morgan fingerprint density at radius 3 is 2.65 bits per heavy atom. The van der Waals surface area contributed by atoms with Crippen LogP contribution in [-0.4, -0.2) is 47.4 Å². The molecule has 2 heterocycles. The summed E-state index contributed by atoms with van der Waals surface area (Å²) >= 11 is 0. The van der Waals surface area contributed by atoms with Crippen molar-refractivity contribution in [2.75, 3.05) is 20.3 Å². The van der Waals surface area contributed by atoms with Crippen molar-refractivity contribution in [3.8, 4) is 22.8 Å². The van der Waals surface area contributed by atoms with Crippen molar-refractivity contribution in [1.29, 1.82) is 0 Å². The first-order valence-electron chi connectivity index (χ1n) is 9.09. The molecule has 0 atom stereocenters. The van der Waals surface area contributed by atoms with E-state index in [1.54, 1.807) is 0 Å². The predicted octanol–water partition coefficient (Wildman–Crippen LogP) is 2.97. The summed E-state index contributed by atoms with van der Waals surface area (Å²) in [7, 11) is 2.20. The van der Waals surface area contributed by atoms with Gasteiger partial charge >= 0.3 is 0 Å². The van der Waals surface area contributed by atoms with Crippen molar-refractivity contribution in [2.45, 2.75) is 44.3 Å². The highest BCUT2D eigenvalue weighted by molar-refractivity contribution is 5.85. The number of H-pyrrole nitrogens is 1. The van der Waals surface area contributed by atoms with E-state index >= 15 is 0 Å². The normalized spacial score (nSPS) is 22.1. The van der Waals surface area contributed by atoms with Gasteiger partial charge in [0.15, 0.2) is 11.5 Å². The molecule has 0 spiro atoms. The van der Waals surface area contributed by atoms with Crippen LogP contribution in [0.5, 0.6) is 11.5 Å². The Balaban J connectivity index is 0.00000196. The van der Waals surface area contributed by atoms with E-state index in [0.29, 0.717) is 25.3 Å². The number of halogens is 1. The van der Waals surface area contributed by atoms with Crippen molar-refractivity contribution in [3.05, 3.63) is 30.0 Å². The number of fused-ring (bicyclic) bond motifs is 1. The van der Waals surface area contributed by atoms with Crippen molar-refractivity contribution >= 4 is 12.4 Å². The van der Waals surface area contributed by atoms with Crippen LogP contribution in [0.3, 0.4) is 0 Å². The molecule has 1 aromatic heterocycles. The van der Waals surface area contributed by atoms with E-state index in [1.165, 1.54) is 18.4 Å². The minimum absolute atomic E-state index is 0. The summed E-state index contributed by atoms with van der Waals surface area (Å²) in [6.07, 6.45) is 6.52. The minimum Gasteiger partial charge on any atom is -0.486 e. The first-order valence-corrected chi connectivity index (χ1v) is 9.09. The van der Waals surface area contributed by atoms with Crippen molar-refractivity contribution in [1.82, 2.24) is 15.1 Å². The molecule has 26 heavy (non-hydrogen) atoms. The molecule has 0 bridgehead atoms. The summed E-state index contributed by atoms with van der Waals surface area (Å²) in [6, 6.07) is 7.05. The smallest absolute Gasteiger partial charge is 0.162 e. The van der Waals surface area contributed by atoms with Gasteiger partial charge in [0.05, 0.1) is 11.9 Å². The third-order valence-corrected chi connectivity index (χ3v) is 5.33. The molecule has 1 aliphatic carbocycles. The molecule has 0 saturated heterocycles. The molecule has 0 unspecified atom stereocenters. The average molecular weight is 379 g/mol. The molecule has 2 aliphatic rings. The van der Waals surface area contributed by atoms with E-state index in [2.05, 4.69) is 28.2 Å². The van der Waals surface area contributed by atoms with Crippen LogP contribution in [0.1, 0.15) is 31.2 Å². The van der Waals surface area contributed by atoms with E-state index < -0.39 is 0 Å². The summed E-state index contributed by atoms with van der Waals surface area (Å²) in [5, 5.41) is 7.43. The van der Waals surface area contributed by atoms with Crippen molar-refractivity contribution < 1.29 is 9.47 Å². The van der Waals surface area contributed by atoms with Gasteiger partial charge in [0.2, 0.25) is 0 Å². The fraction of sp³-hybridized carbons (Fsp3) is 0.526. The third kappa shape index (κ3) is 3.98. The van der Waals surface area contributed by atoms with Gasteiger partial charge in [-0.2, -0.15) is 5.10 Å². The molecule has 6 nitrogen and oxygen atoms in total. The highest BCUT2D eigenvalue weighted by Gasteiger charge is 2.23. The van der Waals surface area contributed by atoms with Crippen LogP contribution in [0.2, 0.25) is 0 Å². The molecule has 1 aliphatic heterocycles. The quantitative estimate of drug-likeness (QED) is 0.855. The van der Waals surface area contributed by atoms with Crippen LogP contribution in [0, 0.1) is 0 Å². The van der Waals surface area contributed by atoms with Gasteiger partial charge in [0.25, 0.3) is 0 Å². The SMILES string of the molecule is CN(Cc1cn[nH]c1-c1ccc2c(c1)OCCO2)C1CCC(N)CC1.Cl. The van der Waals surface area contributed by atoms with E-state index in [1.807, 2.05) is 18.3 Å². The zero-order chi connectivity index (χ0) is 17.2. The molecule has 0 radical (unpaired) electrons. The molecule has 1 fully saturated rings. The van der Waals surface area contributed by atoms with Gasteiger partial charge in [-0.15, -0.1) is 12.4 Å². The van der Waals surface area contributed by atoms with Crippen LogP contribution in [-0.2, 0) is 6.54 Å². The molecule has 2 aromatic rings. The monoisotopic (exact) mass is 378 g/mol. The number of aromatic nitrogens is 2. The Morgan fingerprint density at radius 2 is 1.88 bits per heavy atom. The average Bonchev–Trinajstić information content (AvgIpc) is 3.10. The molecular weight excluding hydrogens is 352 g/mol. The van der Waals surface area contributed by atoms with Crippen LogP contribution in [0.25, 0.3) is 11.3 Å². The maximum absolute atomic E-state index is 6.03. The summed E-state index contributed by atoms with van der Waals surface area (Å²) in [5.41, 5.74) is 9.37. The lowest BCUT2D eigenvalue weighted by atomic mass is 9.91. The molecule has 3 N–H and O–H groups in total. The van der Waals surface area contributed by atoms with Gasteiger partial charge in [-0.3, -0.25) is 10.00 Å². The minimum atomic E-state index is 0. The first kappa shape index (κ1) is 19.0. The van der Waals surface area contributed by atoms with Gasteiger partial charge in [-0.05, 0) is 50.9 Å². The van der Waals surface area contributed by atoms with E-state index in [9.17, 15) is 0 Å². The van der Waals surface area contributed by atoms with Gasteiger partial charge in [-0.1, -0.05) is 0 Å². The lowest BCUT2D eigenvalue weighted by Gasteiger charge is -2.33. The number of aromatic amines is 1. The van der Waals surface area contributed by atoms with Gasteiger partial charge in [0, 0.05) is 29.8 Å². The highest BCUT2D eigenvalue weighted by atomic mass is 35.5. The second-order valence-corrected chi connectivity index (χ2v) is 7.11. The maximum atomic E-state index is 6.03. The van der Waals surface area contributed by atoms with Crippen LogP contribution in [0.4, 0.5) is 0 Å². The Hall–Kier alpha value is -1.76. The third-order valence-electron chi connectivity index (χ3n) is 5.33. The molecule has 1 aromatic carbocycles. The van der Waals surface area contributed by atoms with Gasteiger partial charge in [-0.25, -0.2) is 0 Å². The van der Waals surface area contributed by atoms with E-state index in [-0.39, 0.29) is 12.4 Å². The largest absolute Gasteiger partial charge is 0.486 e. The molecule has 0 amide bonds. The van der Waals surface area contributed by atoms with Crippen molar-refractivity contribution in [2.24, 2.45) is 5.73 Å².